The van der Waals surface area contributed by atoms with Crippen LogP contribution in [0.4, 0.5) is 13.2 Å². The summed E-state index contributed by atoms with van der Waals surface area (Å²) in [6, 6.07) is 1.80. The molecule has 27 heavy (non-hydrogen) atoms. The van der Waals surface area contributed by atoms with Gasteiger partial charge < -0.3 is 10.0 Å². The van der Waals surface area contributed by atoms with E-state index in [0.717, 1.165) is 18.3 Å². The molecule has 4 atom stereocenters. The maximum atomic E-state index is 12.7. The minimum Gasteiger partial charge on any atom is -0.391 e. The molecule has 10 heteroatoms. The Morgan fingerprint density at radius 3 is 2.52 bits per heavy atom. The molecule has 2 aromatic heterocycles. The first-order valence-corrected chi connectivity index (χ1v) is 8.67. The smallest absolute Gasteiger partial charge is 0.391 e. The van der Waals surface area contributed by atoms with Gasteiger partial charge in [0.05, 0.1) is 17.7 Å². The molecule has 4 rings (SSSR count). The number of alkyl halides is 3. The Morgan fingerprint density at radius 1 is 1.19 bits per heavy atom. The van der Waals surface area contributed by atoms with E-state index in [2.05, 4.69) is 15.1 Å². The molecule has 1 saturated heterocycles. The van der Waals surface area contributed by atoms with Gasteiger partial charge in [0, 0.05) is 19.3 Å². The van der Waals surface area contributed by atoms with Crippen LogP contribution in [0.15, 0.2) is 31.0 Å². The zero-order valence-electron chi connectivity index (χ0n) is 14.3. The molecular formula is C17H18F3N5O2. The molecule has 0 aromatic carbocycles. The van der Waals surface area contributed by atoms with Gasteiger partial charge in [-0.2, -0.15) is 18.3 Å². The number of aliphatic hydroxyl groups excluding tert-OH is 1. The predicted molar refractivity (Wildman–Crippen MR) is 86.4 cm³/mol. The lowest BCUT2D eigenvalue weighted by Crippen LogP contribution is -2.36. The lowest BCUT2D eigenvalue weighted by molar-refractivity contribution is -0.141. The largest absolute Gasteiger partial charge is 0.433 e. The van der Waals surface area contributed by atoms with Crippen molar-refractivity contribution in [3.8, 4) is 0 Å². The van der Waals surface area contributed by atoms with Crippen molar-refractivity contribution in [3.63, 3.8) is 0 Å². The maximum Gasteiger partial charge on any atom is 0.433 e. The second-order valence-corrected chi connectivity index (χ2v) is 7.14. The number of aromatic nitrogens is 4. The Morgan fingerprint density at radius 2 is 1.93 bits per heavy atom. The minimum atomic E-state index is -4.53. The van der Waals surface area contributed by atoms with Crippen molar-refractivity contribution >= 4 is 5.91 Å². The van der Waals surface area contributed by atoms with Gasteiger partial charge in [0.15, 0.2) is 0 Å². The summed E-state index contributed by atoms with van der Waals surface area (Å²) >= 11 is 0. The van der Waals surface area contributed by atoms with E-state index < -0.39 is 18.0 Å². The van der Waals surface area contributed by atoms with Crippen LogP contribution in [-0.4, -0.2) is 54.9 Å². The van der Waals surface area contributed by atoms with Crippen molar-refractivity contribution in [3.05, 3.63) is 42.2 Å². The van der Waals surface area contributed by atoms with Crippen LogP contribution in [0.1, 0.15) is 34.9 Å². The number of rotatable bonds is 2. The van der Waals surface area contributed by atoms with E-state index in [1.807, 2.05) is 0 Å². The van der Waals surface area contributed by atoms with Crippen molar-refractivity contribution in [2.45, 2.75) is 31.2 Å². The van der Waals surface area contributed by atoms with Crippen LogP contribution in [0.2, 0.25) is 0 Å². The van der Waals surface area contributed by atoms with Gasteiger partial charge in [0.25, 0.3) is 5.91 Å². The van der Waals surface area contributed by atoms with Crippen LogP contribution in [0, 0.1) is 11.8 Å². The first-order chi connectivity index (χ1) is 12.8. The summed E-state index contributed by atoms with van der Waals surface area (Å²) in [6.07, 6.45) is 0.0716. The first-order valence-electron chi connectivity index (χ1n) is 8.67. The number of carbonyl (C=O) groups excluding carboxylic acids is 1. The molecule has 1 saturated carbocycles. The maximum absolute atomic E-state index is 12.7. The highest BCUT2D eigenvalue weighted by Crippen LogP contribution is 2.41. The molecule has 0 unspecified atom stereocenters. The van der Waals surface area contributed by atoms with E-state index >= 15 is 0 Å². The van der Waals surface area contributed by atoms with Crippen molar-refractivity contribution in [2.24, 2.45) is 11.8 Å². The first kappa shape index (κ1) is 17.9. The number of aliphatic hydroxyl groups is 1. The molecule has 2 fully saturated rings. The number of fused-ring (bicyclic) bond motifs is 1. The highest BCUT2D eigenvalue weighted by Gasteiger charge is 2.44. The quantitative estimate of drug-likeness (QED) is 0.857. The third-order valence-electron chi connectivity index (χ3n) is 5.47. The fourth-order valence-electron chi connectivity index (χ4n) is 4.12. The standard InChI is InChI=1S/C17H18F3N5O2/c18-17(19,20)15-2-1-10(5-22-15)16(27)24-6-11-3-13(25-9-21-8-23-25)14(26)4-12(11)7-24/h1-2,5,8-9,11-14,26H,3-4,6-7H2/t11-,12+,13-,14-/m1/s1. The van der Waals surface area contributed by atoms with E-state index in [-0.39, 0.29) is 29.3 Å². The third kappa shape index (κ3) is 3.41. The molecule has 1 aliphatic heterocycles. The SMILES string of the molecule is O=C(c1ccc(C(F)(F)F)nc1)N1C[C@H]2C[C@@H](n3cncn3)[C@H](O)C[C@H]2C1. The van der Waals surface area contributed by atoms with E-state index in [0.29, 0.717) is 25.9 Å². The number of pyridine rings is 1. The number of hydrogen-bond donors (Lipinski definition) is 1. The molecule has 0 spiro atoms. The van der Waals surface area contributed by atoms with Gasteiger partial charge in [-0.05, 0) is 36.8 Å². The van der Waals surface area contributed by atoms with E-state index in [1.54, 1.807) is 15.9 Å². The van der Waals surface area contributed by atoms with E-state index in [9.17, 15) is 23.1 Å². The normalized spacial score (nSPS) is 28.2. The fraction of sp³-hybridized carbons (Fsp3) is 0.529. The van der Waals surface area contributed by atoms with Gasteiger partial charge in [-0.25, -0.2) is 9.67 Å². The van der Waals surface area contributed by atoms with E-state index in [4.69, 9.17) is 0 Å². The average molecular weight is 381 g/mol. The molecule has 1 amide bonds. The van der Waals surface area contributed by atoms with Crippen LogP contribution in [-0.2, 0) is 6.18 Å². The summed E-state index contributed by atoms with van der Waals surface area (Å²) in [5.74, 6) is 0.0255. The fourth-order valence-corrected chi connectivity index (χ4v) is 4.12. The summed E-state index contributed by atoms with van der Waals surface area (Å²) in [5, 5.41) is 14.5. The lowest BCUT2D eigenvalue weighted by Gasteiger charge is -2.34. The van der Waals surface area contributed by atoms with Gasteiger partial charge in [-0.1, -0.05) is 0 Å². The van der Waals surface area contributed by atoms with Gasteiger partial charge >= 0.3 is 6.18 Å². The Hall–Kier alpha value is -2.49. The molecule has 3 heterocycles. The number of hydrogen-bond acceptors (Lipinski definition) is 5. The third-order valence-corrected chi connectivity index (χ3v) is 5.47. The van der Waals surface area contributed by atoms with Crippen molar-refractivity contribution < 1.29 is 23.1 Å². The second kappa shape index (κ2) is 6.59. The number of likely N-dealkylation sites (tertiary alicyclic amines) is 1. The molecule has 0 bridgehead atoms. The predicted octanol–water partition coefficient (Wildman–Crippen LogP) is 1.78. The summed E-state index contributed by atoms with van der Waals surface area (Å²) in [6.45, 7) is 0.980. The monoisotopic (exact) mass is 381 g/mol. The second-order valence-electron chi connectivity index (χ2n) is 7.14. The number of amides is 1. The summed E-state index contributed by atoms with van der Waals surface area (Å²) in [5.41, 5.74) is -0.886. The van der Waals surface area contributed by atoms with Crippen molar-refractivity contribution in [1.82, 2.24) is 24.6 Å². The van der Waals surface area contributed by atoms with Crippen LogP contribution in [0.3, 0.4) is 0 Å². The molecule has 144 valence electrons. The molecule has 2 aliphatic rings. The van der Waals surface area contributed by atoms with Gasteiger partial charge in [-0.3, -0.25) is 9.78 Å². The molecule has 2 aromatic rings. The Balaban J connectivity index is 1.45. The number of carbonyl (C=O) groups is 1. The minimum absolute atomic E-state index is 0.134. The van der Waals surface area contributed by atoms with Gasteiger partial charge in [-0.15, -0.1) is 0 Å². The Labute approximate surface area is 152 Å². The molecule has 7 nitrogen and oxygen atoms in total. The number of halogens is 3. The zero-order chi connectivity index (χ0) is 19.2. The molecule has 0 radical (unpaired) electrons. The molecular weight excluding hydrogens is 363 g/mol. The highest BCUT2D eigenvalue weighted by molar-refractivity contribution is 5.94. The Bertz CT molecular complexity index is 809. The summed E-state index contributed by atoms with van der Waals surface area (Å²) in [7, 11) is 0. The van der Waals surface area contributed by atoms with Crippen molar-refractivity contribution in [1.29, 1.82) is 0 Å². The summed E-state index contributed by atoms with van der Waals surface area (Å²) < 4.78 is 39.5. The molecule has 1 N–H and O–H groups in total. The van der Waals surface area contributed by atoms with Crippen LogP contribution in [0.25, 0.3) is 0 Å². The van der Waals surface area contributed by atoms with Crippen LogP contribution >= 0.6 is 0 Å². The highest BCUT2D eigenvalue weighted by atomic mass is 19.4. The summed E-state index contributed by atoms with van der Waals surface area (Å²) in [4.78, 5) is 21.6. The van der Waals surface area contributed by atoms with Gasteiger partial charge in [0.1, 0.15) is 18.3 Å². The topological polar surface area (TPSA) is 84.1 Å². The Kier molecular flexibility index (Phi) is 4.37. The van der Waals surface area contributed by atoms with Crippen LogP contribution in [0.5, 0.6) is 0 Å². The molecule has 1 aliphatic carbocycles. The zero-order valence-corrected chi connectivity index (χ0v) is 14.3. The lowest BCUT2D eigenvalue weighted by atomic mass is 9.77. The van der Waals surface area contributed by atoms with Gasteiger partial charge in [0.2, 0.25) is 0 Å². The van der Waals surface area contributed by atoms with E-state index in [1.165, 1.54) is 6.33 Å². The number of nitrogens with zero attached hydrogens (tertiary/aromatic N) is 5. The van der Waals surface area contributed by atoms with Crippen LogP contribution < -0.4 is 0 Å². The average Bonchev–Trinajstić information content (AvgIpc) is 3.29. The van der Waals surface area contributed by atoms with Crippen molar-refractivity contribution in [2.75, 3.05) is 13.1 Å².